The van der Waals surface area contributed by atoms with E-state index in [1.54, 1.807) is 34.3 Å². The van der Waals surface area contributed by atoms with Gasteiger partial charge in [-0.25, -0.2) is 9.59 Å². The number of rotatable bonds is 38. The van der Waals surface area contributed by atoms with Crippen molar-refractivity contribution in [3.8, 4) is 0 Å². The molecule has 2 aliphatic heterocycles. The van der Waals surface area contributed by atoms with Crippen molar-refractivity contribution in [2.45, 2.75) is 183 Å². The molecule has 0 saturated carbocycles. The van der Waals surface area contributed by atoms with Gasteiger partial charge in [0.2, 0.25) is 11.8 Å². The third-order valence-electron chi connectivity index (χ3n) is 14.4. The Hall–Kier alpha value is -5.36. The SMILES string of the molecule is CCCCC(CC)COC(=O)CC(NC(=O)CN1C(=O)C2=C(c3cccs3)N(CC(=O)NC(CC(=O)OCC(CC)CCCC)C(=O)OCC(CC)CCCC)C(=O)C2=C1c1ccsc1)C(=O)OCC(CC)CCCC. The van der Waals surface area contributed by atoms with Gasteiger partial charge in [0.25, 0.3) is 11.8 Å². The van der Waals surface area contributed by atoms with E-state index < -0.39 is 85.5 Å². The minimum atomic E-state index is -1.43. The summed E-state index contributed by atoms with van der Waals surface area (Å²) >= 11 is 2.54. The summed E-state index contributed by atoms with van der Waals surface area (Å²) in [4.78, 5) is 115. The van der Waals surface area contributed by atoms with Crippen LogP contribution in [0.15, 0.2) is 45.5 Å². The minimum Gasteiger partial charge on any atom is -0.465 e. The molecule has 18 heteroatoms. The first kappa shape index (κ1) is 63.2. The Morgan fingerprint density at radius 1 is 0.526 bits per heavy atom. The van der Waals surface area contributed by atoms with Gasteiger partial charge in [-0.1, -0.05) is 139 Å². The number of nitrogens with zero attached hydrogens (tertiary/aromatic N) is 2. The van der Waals surface area contributed by atoms with Crippen LogP contribution in [0.5, 0.6) is 0 Å². The summed E-state index contributed by atoms with van der Waals surface area (Å²) in [6, 6.07) is 2.29. The molecular formula is C58H86N4O12S2. The molecule has 16 nitrogen and oxygen atoms in total. The third kappa shape index (κ3) is 19.0. The molecule has 0 saturated heterocycles. The maximum absolute atomic E-state index is 14.9. The minimum absolute atomic E-state index is 0.0363. The monoisotopic (exact) mass is 1090 g/mol. The summed E-state index contributed by atoms with van der Waals surface area (Å²) < 4.78 is 22.8. The van der Waals surface area contributed by atoms with Gasteiger partial charge in [0, 0.05) is 10.9 Å². The lowest BCUT2D eigenvalue weighted by Gasteiger charge is -2.25. The summed E-state index contributed by atoms with van der Waals surface area (Å²) in [5, 5.41) is 10.6. The van der Waals surface area contributed by atoms with Crippen LogP contribution in [0.1, 0.15) is 181 Å². The summed E-state index contributed by atoms with van der Waals surface area (Å²) in [5.74, 6) is -5.47. The van der Waals surface area contributed by atoms with E-state index in [1.807, 2.05) is 27.7 Å². The van der Waals surface area contributed by atoms with Gasteiger partial charge in [-0.3, -0.25) is 38.6 Å². The number of hydrogen-bond donors (Lipinski definition) is 2. The lowest BCUT2D eigenvalue weighted by Crippen LogP contribution is -2.48. The van der Waals surface area contributed by atoms with Crippen LogP contribution in [-0.2, 0) is 57.3 Å². The quantitative estimate of drug-likeness (QED) is 0.0476. The Kier molecular flexibility index (Phi) is 28.0. The molecule has 6 atom stereocenters. The number of unbranched alkanes of at least 4 members (excludes halogenated alkanes) is 4. The second-order valence-corrected chi connectivity index (χ2v) is 21.9. The van der Waals surface area contributed by atoms with Crippen molar-refractivity contribution in [1.29, 1.82) is 0 Å². The van der Waals surface area contributed by atoms with Crippen LogP contribution in [0.4, 0.5) is 0 Å². The van der Waals surface area contributed by atoms with E-state index in [4.69, 9.17) is 18.9 Å². The maximum Gasteiger partial charge on any atom is 0.329 e. The molecule has 6 unspecified atom stereocenters. The number of ether oxygens (including phenoxy) is 4. The van der Waals surface area contributed by atoms with Crippen molar-refractivity contribution in [2.24, 2.45) is 23.7 Å². The highest BCUT2D eigenvalue weighted by Gasteiger charge is 2.50. The van der Waals surface area contributed by atoms with E-state index in [9.17, 15) is 38.4 Å². The zero-order chi connectivity index (χ0) is 55.6. The molecule has 2 N–H and O–H groups in total. The van der Waals surface area contributed by atoms with Gasteiger partial charge in [0.1, 0.15) is 25.2 Å². The van der Waals surface area contributed by atoms with Crippen molar-refractivity contribution in [2.75, 3.05) is 39.5 Å². The summed E-state index contributed by atoms with van der Waals surface area (Å²) in [6.07, 6.45) is 13.5. The smallest absolute Gasteiger partial charge is 0.329 e. The Bertz CT molecular complexity index is 2100. The van der Waals surface area contributed by atoms with Gasteiger partial charge >= 0.3 is 23.9 Å². The first-order valence-electron chi connectivity index (χ1n) is 28.1. The van der Waals surface area contributed by atoms with Crippen molar-refractivity contribution in [1.82, 2.24) is 20.4 Å². The molecule has 0 fully saturated rings. The van der Waals surface area contributed by atoms with Crippen LogP contribution >= 0.6 is 22.7 Å². The molecule has 4 amide bonds. The topological polar surface area (TPSA) is 204 Å². The van der Waals surface area contributed by atoms with Crippen molar-refractivity contribution < 1.29 is 57.3 Å². The molecule has 4 rings (SSSR count). The highest BCUT2D eigenvalue weighted by atomic mass is 32.1. The number of carbonyl (C=O) groups is 8. The van der Waals surface area contributed by atoms with Crippen LogP contribution in [0.3, 0.4) is 0 Å². The summed E-state index contributed by atoms with van der Waals surface area (Å²) in [6.45, 7) is 15.7. The Balaban J connectivity index is 1.64. The van der Waals surface area contributed by atoms with Crippen LogP contribution in [0.2, 0.25) is 0 Å². The fourth-order valence-corrected chi connectivity index (χ4v) is 10.7. The third-order valence-corrected chi connectivity index (χ3v) is 15.9. The molecule has 2 aliphatic rings. The molecule has 2 aromatic rings. The average Bonchev–Trinajstić information content (AvgIpc) is 4.27. The van der Waals surface area contributed by atoms with Crippen LogP contribution in [-0.4, -0.2) is 109 Å². The second kappa shape index (κ2) is 33.7. The van der Waals surface area contributed by atoms with Crippen molar-refractivity contribution in [3.63, 3.8) is 0 Å². The van der Waals surface area contributed by atoms with E-state index in [-0.39, 0.29) is 72.6 Å². The number of amides is 4. The fraction of sp³-hybridized carbons (Fsp3) is 0.655. The molecule has 0 radical (unpaired) electrons. The number of carbonyl (C=O) groups excluding carboxylic acids is 8. The van der Waals surface area contributed by atoms with Gasteiger partial charge in [-0.15, -0.1) is 11.3 Å². The zero-order valence-corrected chi connectivity index (χ0v) is 48.1. The van der Waals surface area contributed by atoms with Crippen molar-refractivity contribution >= 4 is 81.6 Å². The predicted octanol–water partition coefficient (Wildman–Crippen LogP) is 10.4. The molecular weight excluding hydrogens is 1010 g/mol. The highest BCUT2D eigenvalue weighted by molar-refractivity contribution is 7.11. The molecule has 0 aliphatic carbocycles. The molecule has 422 valence electrons. The number of thiophene rings is 2. The van der Waals surface area contributed by atoms with Gasteiger partial charge in [0.05, 0.1) is 66.7 Å². The molecule has 0 aromatic carbocycles. The number of hydrogen-bond acceptors (Lipinski definition) is 14. The molecule has 0 spiro atoms. The fourth-order valence-electron chi connectivity index (χ4n) is 9.29. The van der Waals surface area contributed by atoms with E-state index in [2.05, 4.69) is 38.3 Å². The average molecular weight is 1100 g/mol. The molecule has 4 heterocycles. The van der Waals surface area contributed by atoms with Crippen LogP contribution in [0, 0.1) is 23.7 Å². The predicted molar refractivity (Wildman–Crippen MR) is 296 cm³/mol. The van der Waals surface area contributed by atoms with E-state index in [1.165, 1.54) is 32.5 Å². The highest BCUT2D eigenvalue weighted by Crippen LogP contribution is 2.47. The molecule has 0 bridgehead atoms. The van der Waals surface area contributed by atoms with Gasteiger partial charge in [-0.05, 0) is 72.2 Å². The largest absolute Gasteiger partial charge is 0.465 e. The number of esters is 4. The zero-order valence-electron chi connectivity index (χ0n) is 46.5. The van der Waals surface area contributed by atoms with Crippen LogP contribution in [0.25, 0.3) is 11.4 Å². The first-order valence-corrected chi connectivity index (χ1v) is 29.9. The summed E-state index contributed by atoms with van der Waals surface area (Å²) in [7, 11) is 0. The first-order chi connectivity index (χ1) is 36.7. The normalized spacial score (nSPS) is 15.7. The molecule has 2 aromatic heterocycles. The van der Waals surface area contributed by atoms with Crippen molar-refractivity contribution in [3.05, 3.63) is 55.9 Å². The lowest BCUT2D eigenvalue weighted by molar-refractivity contribution is -0.155. The van der Waals surface area contributed by atoms with Gasteiger partial charge < -0.3 is 29.6 Å². The standard InChI is InChI=1S/C58H86N4O12S2/c1-9-17-22-39(13-5)34-71-49(65)30-44(57(69)73-36-41(15-7)24-19-11-3)59-47(63)32-61-53(43-27-29-75-38-43)51-52(56(61)68)54(46-26-21-28-76-46)62(55(51)67)33-48(64)60-45(58(70)74-37-42(16-8)25-20-12-4)31-50(66)72-35-40(14-6)23-18-10-2/h21,26-29,38-42,44-45H,9-20,22-25,30-37H2,1-8H3,(H,59,63)(H,60,64). The Labute approximate surface area is 459 Å². The maximum atomic E-state index is 14.9. The number of nitrogens with one attached hydrogen (secondary N) is 2. The summed E-state index contributed by atoms with van der Waals surface area (Å²) in [5.41, 5.74) is 0.636. The molecule has 76 heavy (non-hydrogen) atoms. The van der Waals surface area contributed by atoms with E-state index in [0.717, 1.165) is 103 Å². The second-order valence-electron chi connectivity index (χ2n) is 20.2. The Morgan fingerprint density at radius 3 is 1.28 bits per heavy atom. The van der Waals surface area contributed by atoms with E-state index >= 15 is 0 Å². The van der Waals surface area contributed by atoms with E-state index in [0.29, 0.717) is 10.4 Å². The lowest BCUT2D eigenvalue weighted by atomic mass is 10.0. The van der Waals surface area contributed by atoms with Gasteiger partial charge in [-0.2, -0.15) is 11.3 Å². The van der Waals surface area contributed by atoms with Crippen LogP contribution < -0.4 is 10.6 Å². The Morgan fingerprint density at radius 2 is 0.921 bits per heavy atom. The van der Waals surface area contributed by atoms with Gasteiger partial charge in [0.15, 0.2) is 0 Å². The number of fused-ring (bicyclic) bond motifs is 1.